The molecule has 0 amide bonds. The highest BCUT2D eigenvalue weighted by Gasteiger charge is 2.17. The van der Waals surface area contributed by atoms with Crippen LogP contribution in [-0.2, 0) is 4.79 Å². The Labute approximate surface area is 120 Å². The van der Waals surface area contributed by atoms with Crippen molar-refractivity contribution in [2.45, 2.75) is 32.9 Å². The standard InChI is InChI=1S/C16H21NO3/c1-5-10-17(11-16(18)19)13(4)14-6-8-15(9-7-14)20-12(2)3/h1,6-9,12-13H,10-11H2,2-4H3,(H,18,19). The van der Waals surface area contributed by atoms with E-state index in [0.717, 1.165) is 11.3 Å². The first-order valence-electron chi connectivity index (χ1n) is 6.60. The van der Waals surface area contributed by atoms with E-state index in [0.29, 0.717) is 6.54 Å². The van der Waals surface area contributed by atoms with E-state index >= 15 is 0 Å². The lowest BCUT2D eigenvalue weighted by Gasteiger charge is -2.26. The van der Waals surface area contributed by atoms with Crippen molar-refractivity contribution < 1.29 is 14.6 Å². The van der Waals surface area contributed by atoms with Crippen molar-refractivity contribution >= 4 is 5.97 Å². The van der Waals surface area contributed by atoms with E-state index in [-0.39, 0.29) is 18.7 Å². The highest BCUT2D eigenvalue weighted by molar-refractivity contribution is 5.69. The van der Waals surface area contributed by atoms with E-state index in [1.54, 1.807) is 4.90 Å². The minimum atomic E-state index is -0.883. The highest BCUT2D eigenvalue weighted by Crippen LogP contribution is 2.22. The predicted molar refractivity (Wildman–Crippen MR) is 78.7 cm³/mol. The lowest BCUT2D eigenvalue weighted by atomic mass is 10.1. The average molecular weight is 275 g/mol. The van der Waals surface area contributed by atoms with E-state index < -0.39 is 5.97 Å². The van der Waals surface area contributed by atoms with Crippen molar-refractivity contribution in [1.82, 2.24) is 4.90 Å². The Morgan fingerprint density at radius 3 is 2.40 bits per heavy atom. The van der Waals surface area contributed by atoms with Gasteiger partial charge in [0.15, 0.2) is 0 Å². The Hall–Kier alpha value is -1.99. The SMILES string of the molecule is C#CCN(CC(=O)O)C(C)c1ccc(OC(C)C)cc1. The maximum Gasteiger partial charge on any atom is 0.317 e. The van der Waals surface area contributed by atoms with Crippen LogP contribution in [0.15, 0.2) is 24.3 Å². The highest BCUT2D eigenvalue weighted by atomic mass is 16.5. The number of carboxylic acids is 1. The summed E-state index contributed by atoms with van der Waals surface area (Å²) >= 11 is 0. The van der Waals surface area contributed by atoms with Gasteiger partial charge >= 0.3 is 5.97 Å². The first kappa shape index (κ1) is 16.1. The van der Waals surface area contributed by atoms with E-state index in [2.05, 4.69) is 5.92 Å². The second-order valence-corrected chi connectivity index (χ2v) is 4.91. The average Bonchev–Trinajstić information content (AvgIpc) is 2.37. The second kappa shape index (κ2) is 7.56. The molecule has 0 bridgehead atoms. The van der Waals surface area contributed by atoms with Crippen LogP contribution in [-0.4, -0.2) is 35.2 Å². The van der Waals surface area contributed by atoms with Crippen molar-refractivity contribution in [3.63, 3.8) is 0 Å². The summed E-state index contributed by atoms with van der Waals surface area (Å²) in [5.74, 6) is 2.42. The molecule has 0 fully saturated rings. The number of benzene rings is 1. The lowest BCUT2D eigenvalue weighted by molar-refractivity contribution is -0.138. The Morgan fingerprint density at radius 2 is 1.95 bits per heavy atom. The summed E-state index contributed by atoms with van der Waals surface area (Å²) in [6.45, 7) is 6.11. The normalized spacial score (nSPS) is 12.2. The molecule has 1 rings (SSSR count). The fourth-order valence-corrected chi connectivity index (χ4v) is 1.93. The van der Waals surface area contributed by atoms with E-state index in [4.69, 9.17) is 16.3 Å². The van der Waals surface area contributed by atoms with E-state index in [1.165, 1.54) is 0 Å². The number of carboxylic acid groups (broad SMARTS) is 1. The lowest BCUT2D eigenvalue weighted by Crippen LogP contribution is -2.32. The molecular weight excluding hydrogens is 254 g/mol. The molecule has 0 radical (unpaired) electrons. The van der Waals surface area contributed by atoms with Gasteiger partial charge in [0.05, 0.1) is 19.2 Å². The Morgan fingerprint density at radius 1 is 1.35 bits per heavy atom. The molecule has 1 aromatic rings. The van der Waals surface area contributed by atoms with Gasteiger partial charge in [-0.3, -0.25) is 9.69 Å². The topological polar surface area (TPSA) is 49.8 Å². The van der Waals surface area contributed by atoms with Gasteiger partial charge in [0.2, 0.25) is 0 Å². The number of ether oxygens (including phenoxy) is 1. The summed E-state index contributed by atoms with van der Waals surface area (Å²) in [7, 11) is 0. The zero-order chi connectivity index (χ0) is 15.1. The quantitative estimate of drug-likeness (QED) is 0.777. The Kier molecular flexibility index (Phi) is 6.08. The zero-order valence-corrected chi connectivity index (χ0v) is 12.2. The van der Waals surface area contributed by atoms with Crippen molar-refractivity contribution in [2.24, 2.45) is 0 Å². The Bertz CT molecular complexity index is 473. The minimum absolute atomic E-state index is 0.0600. The van der Waals surface area contributed by atoms with Gasteiger partial charge in [-0.25, -0.2) is 0 Å². The number of rotatable bonds is 7. The monoisotopic (exact) mass is 275 g/mol. The molecule has 0 aliphatic rings. The van der Waals surface area contributed by atoms with Crippen LogP contribution in [0.2, 0.25) is 0 Å². The molecule has 1 unspecified atom stereocenters. The molecule has 1 aromatic carbocycles. The molecule has 1 N–H and O–H groups in total. The summed E-state index contributed by atoms with van der Waals surface area (Å²) in [5.41, 5.74) is 1.01. The molecule has 108 valence electrons. The van der Waals surface area contributed by atoms with Gasteiger partial charge in [-0.15, -0.1) is 6.42 Å². The van der Waals surface area contributed by atoms with Crippen molar-refractivity contribution in [3.05, 3.63) is 29.8 Å². The van der Waals surface area contributed by atoms with Gasteiger partial charge < -0.3 is 9.84 Å². The second-order valence-electron chi connectivity index (χ2n) is 4.91. The van der Waals surface area contributed by atoms with Crippen LogP contribution in [0.4, 0.5) is 0 Å². The number of hydrogen-bond acceptors (Lipinski definition) is 3. The first-order chi connectivity index (χ1) is 9.43. The fraction of sp³-hybridized carbons (Fsp3) is 0.438. The largest absolute Gasteiger partial charge is 0.491 e. The van der Waals surface area contributed by atoms with Crippen LogP contribution in [0, 0.1) is 12.3 Å². The van der Waals surface area contributed by atoms with E-state index in [9.17, 15) is 4.79 Å². The number of terminal acetylenes is 1. The smallest absolute Gasteiger partial charge is 0.317 e. The molecular formula is C16H21NO3. The summed E-state index contributed by atoms with van der Waals surface area (Å²) in [4.78, 5) is 12.6. The molecule has 0 heterocycles. The van der Waals surface area contributed by atoms with Gasteiger partial charge in [0, 0.05) is 6.04 Å². The molecule has 0 aromatic heterocycles. The molecule has 20 heavy (non-hydrogen) atoms. The number of hydrogen-bond donors (Lipinski definition) is 1. The van der Waals surface area contributed by atoms with Crippen molar-refractivity contribution in [2.75, 3.05) is 13.1 Å². The van der Waals surface area contributed by atoms with Gasteiger partial charge in [-0.2, -0.15) is 0 Å². The van der Waals surface area contributed by atoms with Crippen LogP contribution in [0.3, 0.4) is 0 Å². The van der Waals surface area contributed by atoms with Crippen LogP contribution in [0.1, 0.15) is 32.4 Å². The number of aliphatic carboxylic acids is 1. The summed E-state index contributed by atoms with van der Waals surface area (Å²) in [6, 6.07) is 7.60. The predicted octanol–water partition coefficient (Wildman–Crippen LogP) is 2.55. The number of carbonyl (C=O) groups is 1. The maximum atomic E-state index is 10.9. The van der Waals surface area contributed by atoms with Crippen LogP contribution < -0.4 is 4.74 Å². The van der Waals surface area contributed by atoms with Crippen molar-refractivity contribution in [3.8, 4) is 18.1 Å². The summed E-state index contributed by atoms with van der Waals surface area (Å²) in [6.07, 6.45) is 5.42. The molecule has 0 saturated carbocycles. The summed E-state index contributed by atoms with van der Waals surface area (Å²) < 4.78 is 5.58. The van der Waals surface area contributed by atoms with Crippen molar-refractivity contribution in [1.29, 1.82) is 0 Å². The molecule has 0 aliphatic carbocycles. The van der Waals surface area contributed by atoms with Gasteiger partial charge in [-0.05, 0) is 38.5 Å². The molecule has 1 atom stereocenters. The van der Waals surface area contributed by atoms with Crippen LogP contribution in [0.25, 0.3) is 0 Å². The summed E-state index contributed by atoms with van der Waals surface area (Å²) in [5, 5.41) is 8.92. The van der Waals surface area contributed by atoms with E-state index in [1.807, 2.05) is 45.0 Å². The van der Waals surface area contributed by atoms with Gasteiger partial charge in [0.1, 0.15) is 5.75 Å². The Balaban J connectivity index is 2.81. The third-order valence-corrected chi connectivity index (χ3v) is 2.91. The third kappa shape index (κ3) is 4.94. The van der Waals surface area contributed by atoms with Gasteiger partial charge in [-0.1, -0.05) is 18.1 Å². The fourth-order valence-electron chi connectivity index (χ4n) is 1.93. The first-order valence-corrected chi connectivity index (χ1v) is 6.60. The molecule has 4 nitrogen and oxygen atoms in total. The molecule has 0 spiro atoms. The number of nitrogens with zero attached hydrogens (tertiary/aromatic N) is 1. The van der Waals surface area contributed by atoms with Crippen LogP contribution in [0.5, 0.6) is 5.75 Å². The van der Waals surface area contributed by atoms with Gasteiger partial charge in [0.25, 0.3) is 0 Å². The zero-order valence-electron chi connectivity index (χ0n) is 12.2. The molecule has 4 heteroatoms. The van der Waals surface area contributed by atoms with Crippen LogP contribution >= 0.6 is 0 Å². The third-order valence-electron chi connectivity index (χ3n) is 2.91. The maximum absolute atomic E-state index is 10.9. The minimum Gasteiger partial charge on any atom is -0.491 e. The molecule has 0 aliphatic heterocycles. The molecule has 0 saturated heterocycles.